The fourth-order valence-electron chi connectivity index (χ4n) is 2.39. The molecule has 5 heteroatoms. The number of hydrogen-bond donors (Lipinski definition) is 0. The van der Waals surface area contributed by atoms with Crippen molar-refractivity contribution in [3.8, 4) is 0 Å². The van der Waals surface area contributed by atoms with E-state index < -0.39 is 24.7 Å². The van der Waals surface area contributed by atoms with E-state index in [-0.39, 0.29) is 16.2 Å². The van der Waals surface area contributed by atoms with Gasteiger partial charge in [0.1, 0.15) is 0 Å². The Morgan fingerprint density at radius 3 is 1.58 bits per heavy atom. The molecule has 0 saturated carbocycles. The average molecular weight is 417 g/mol. The lowest BCUT2D eigenvalue weighted by Crippen LogP contribution is -2.48. The summed E-state index contributed by atoms with van der Waals surface area (Å²) in [4.78, 5) is 0. The lowest BCUT2D eigenvalue weighted by Gasteiger charge is -2.42. The quantitative estimate of drug-likeness (QED) is 0.283. The van der Waals surface area contributed by atoms with Gasteiger partial charge < -0.3 is 8.85 Å². The first-order chi connectivity index (χ1) is 11.2. The molecule has 0 radical (unpaired) electrons. The molecule has 2 nitrogen and oxygen atoms in total. The summed E-state index contributed by atoms with van der Waals surface area (Å²) in [5.74, 6) is 0. The Bertz CT molecular complexity index is 463. The van der Waals surface area contributed by atoms with E-state index in [4.69, 9.17) is 8.85 Å². The van der Waals surface area contributed by atoms with Crippen LogP contribution in [0.5, 0.6) is 0 Å². The number of hydrogen-bond acceptors (Lipinski definition) is 2. The standard InChI is InChI=1S/C21H48O2Si3/c1-18(17-24(8,9)10)15-19(23-26(13,14)21(5,6)7)16-22-25(11,12)20(2,3)4/h19H,1,15-17H2,2-14H3/t19-/m1/s1. The fraction of sp³-hybridized carbons (Fsp3) is 0.905. The van der Waals surface area contributed by atoms with E-state index in [0.29, 0.717) is 6.61 Å². The van der Waals surface area contributed by atoms with E-state index in [1.165, 1.54) is 11.6 Å². The molecule has 0 aliphatic heterocycles. The van der Waals surface area contributed by atoms with Gasteiger partial charge in [0.15, 0.2) is 16.6 Å². The van der Waals surface area contributed by atoms with Gasteiger partial charge in [-0.05, 0) is 48.7 Å². The Balaban J connectivity index is 5.27. The maximum atomic E-state index is 6.79. The van der Waals surface area contributed by atoms with Crippen molar-refractivity contribution in [2.24, 2.45) is 0 Å². The van der Waals surface area contributed by atoms with Crippen LogP contribution in [0.4, 0.5) is 0 Å². The Labute approximate surface area is 168 Å². The third-order valence-electron chi connectivity index (χ3n) is 6.00. The van der Waals surface area contributed by atoms with Gasteiger partial charge in [0.05, 0.1) is 12.7 Å². The van der Waals surface area contributed by atoms with Gasteiger partial charge in [-0.25, -0.2) is 0 Å². The first-order valence-electron chi connectivity index (χ1n) is 10.2. The molecule has 0 rings (SSSR count). The molecule has 0 aromatic rings. The Morgan fingerprint density at radius 1 is 0.808 bits per heavy atom. The zero-order chi connectivity index (χ0) is 21.2. The second-order valence-corrected chi connectivity index (χ2v) is 27.3. The van der Waals surface area contributed by atoms with Crippen LogP contribution in [0.15, 0.2) is 12.2 Å². The van der Waals surface area contributed by atoms with Crippen LogP contribution in [-0.2, 0) is 8.85 Å². The molecule has 0 heterocycles. The maximum absolute atomic E-state index is 6.79. The highest BCUT2D eigenvalue weighted by Gasteiger charge is 2.41. The molecule has 0 amide bonds. The van der Waals surface area contributed by atoms with Crippen molar-refractivity contribution < 1.29 is 8.85 Å². The summed E-state index contributed by atoms with van der Waals surface area (Å²) in [5, 5.41) is 0.437. The predicted octanol–water partition coefficient (Wildman–Crippen LogP) is 7.68. The molecule has 0 saturated heterocycles. The molecule has 0 bridgehead atoms. The monoisotopic (exact) mass is 416 g/mol. The van der Waals surface area contributed by atoms with E-state index in [1.807, 2.05) is 0 Å². The molecule has 0 fully saturated rings. The van der Waals surface area contributed by atoms with Crippen molar-refractivity contribution in [1.82, 2.24) is 0 Å². The van der Waals surface area contributed by atoms with E-state index in [9.17, 15) is 0 Å². The third-order valence-corrected chi connectivity index (χ3v) is 16.6. The minimum atomic E-state index is -1.83. The lowest BCUT2D eigenvalue weighted by molar-refractivity contribution is 0.107. The van der Waals surface area contributed by atoms with Crippen molar-refractivity contribution in [2.75, 3.05) is 6.61 Å². The van der Waals surface area contributed by atoms with Gasteiger partial charge in [-0.15, -0.1) is 6.58 Å². The normalized spacial score (nSPS) is 15.9. The summed E-state index contributed by atoms with van der Waals surface area (Å²) in [6, 6.07) is 1.17. The van der Waals surface area contributed by atoms with Gasteiger partial charge in [-0.2, -0.15) is 0 Å². The Morgan fingerprint density at radius 2 is 1.23 bits per heavy atom. The smallest absolute Gasteiger partial charge is 0.192 e. The highest BCUT2D eigenvalue weighted by atomic mass is 28.4. The minimum Gasteiger partial charge on any atom is -0.414 e. The van der Waals surface area contributed by atoms with Gasteiger partial charge >= 0.3 is 0 Å². The van der Waals surface area contributed by atoms with Crippen LogP contribution < -0.4 is 0 Å². The van der Waals surface area contributed by atoms with E-state index in [2.05, 4.69) is 94.0 Å². The fourth-order valence-corrected chi connectivity index (χ4v) is 6.41. The predicted molar refractivity (Wildman–Crippen MR) is 127 cm³/mol. The Hall–Kier alpha value is 0.311. The van der Waals surface area contributed by atoms with Gasteiger partial charge in [0, 0.05) is 8.07 Å². The second kappa shape index (κ2) is 8.77. The molecule has 0 unspecified atom stereocenters. The minimum absolute atomic E-state index is 0.133. The summed E-state index contributed by atoms with van der Waals surface area (Å²) in [5.41, 5.74) is 1.34. The summed E-state index contributed by atoms with van der Waals surface area (Å²) < 4.78 is 13.3. The highest BCUT2D eigenvalue weighted by molar-refractivity contribution is 6.76. The first-order valence-corrected chi connectivity index (χ1v) is 19.7. The van der Waals surface area contributed by atoms with Gasteiger partial charge in [-0.1, -0.05) is 66.8 Å². The summed E-state index contributed by atoms with van der Waals surface area (Å²) in [6.45, 7) is 35.5. The third kappa shape index (κ3) is 9.00. The molecular weight excluding hydrogens is 368 g/mol. The molecule has 26 heavy (non-hydrogen) atoms. The average Bonchev–Trinajstić information content (AvgIpc) is 2.30. The van der Waals surface area contributed by atoms with Crippen LogP contribution in [0.25, 0.3) is 0 Å². The van der Waals surface area contributed by atoms with Crippen LogP contribution in [0, 0.1) is 0 Å². The largest absolute Gasteiger partial charge is 0.414 e. The second-order valence-electron chi connectivity index (χ2n) is 12.3. The van der Waals surface area contributed by atoms with Gasteiger partial charge in [-0.3, -0.25) is 0 Å². The first kappa shape index (κ1) is 26.3. The molecule has 156 valence electrons. The van der Waals surface area contributed by atoms with Crippen molar-refractivity contribution in [2.45, 2.75) is 116 Å². The summed E-state index contributed by atoms with van der Waals surface area (Å²) in [6.07, 6.45) is 1.07. The van der Waals surface area contributed by atoms with Gasteiger partial charge in [0.25, 0.3) is 0 Å². The van der Waals surface area contributed by atoms with E-state index >= 15 is 0 Å². The van der Waals surface area contributed by atoms with Crippen LogP contribution >= 0.6 is 0 Å². The molecule has 0 spiro atoms. The zero-order valence-electron chi connectivity index (χ0n) is 20.2. The molecule has 0 aromatic heterocycles. The molecule has 0 aliphatic carbocycles. The lowest BCUT2D eigenvalue weighted by atomic mass is 10.1. The van der Waals surface area contributed by atoms with Crippen molar-refractivity contribution >= 4 is 24.7 Å². The summed E-state index contributed by atoms with van der Waals surface area (Å²) >= 11 is 0. The van der Waals surface area contributed by atoms with Crippen LogP contribution in [0.3, 0.4) is 0 Å². The van der Waals surface area contributed by atoms with Crippen molar-refractivity contribution in [1.29, 1.82) is 0 Å². The molecule has 1 atom stereocenters. The molecule has 0 aromatic carbocycles. The summed E-state index contributed by atoms with van der Waals surface area (Å²) in [7, 11) is -4.75. The van der Waals surface area contributed by atoms with Crippen molar-refractivity contribution in [3.05, 3.63) is 12.2 Å². The van der Waals surface area contributed by atoms with Crippen molar-refractivity contribution in [3.63, 3.8) is 0 Å². The van der Waals surface area contributed by atoms with E-state index in [0.717, 1.165) is 6.42 Å². The topological polar surface area (TPSA) is 18.5 Å². The molecular formula is C21H48O2Si3. The van der Waals surface area contributed by atoms with Gasteiger partial charge in [0.2, 0.25) is 0 Å². The molecule has 0 N–H and O–H groups in total. The number of rotatable bonds is 9. The SMILES string of the molecule is C=C(C[C@H](CO[Si](C)(C)C(C)(C)C)O[Si](C)(C)C(C)(C)C)C[Si](C)(C)C. The van der Waals surface area contributed by atoms with E-state index in [1.54, 1.807) is 0 Å². The highest BCUT2D eigenvalue weighted by Crippen LogP contribution is 2.40. The molecule has 0 aliphatic rings. The maximum Gasteiger partial charge on any atom is 0.192 e. The van der Waals surface area contributed by atoms with Crippen LogP contribution in [0.1, 0.15) is 48.0 Å². The zero-order valence-corrected chi connectivity index (χ0v) is 23.2. The van der Waals surface area contributed by atoms with Crippen LogP contribution in [0.2, 0.25) is 61.9 Å². The van der Waals surface area contributed by atoms with Crippen LogP contribution in [-0.4, -0.2) is 37.4 Å². The Kier molecular flexibility index (Phi) is 8.87.